The molecule has 2 aliphatic rings. The summed E-state index contributed by atoms with van der Waals surface area (Å²) >= 11 is 0. The number of hydrogen-bond donors (Lipinski definition) is 1. The highest BCUT2D eigenvalue weighted by Gasteiger charge is 2.47. The smallest absolute Gasteiger partial charge is 0.276 e. The van der Waals surface area contributed by atoms with Crippen molar-refractivity contribution in [3.8, 4) is 0 Å². The lowest BCUT2D eigenvalue weighted by molar-refractivity contribution is -0.0285. The molecular formula is C15H19F2N. The summed E-state index contributed by atoms with van der Waals surface area (Å²) in [6, 6.07) is 7.32. The van der Waals surface area contributed by atoms with Crippen LogP contribution in [0.1, 0.15) is 49.3 Å². The molecular weight excluding hydrogens is 232 g/mol. The van der Waals surface area contributed by atoms with Crippen molar-refractivity contribution in [1.82, 2.24) is 5.32 Å². The van der Waals surface area contributed by atoms with Gasteiger partial charge in [-0.05, 0) is 37.8 Å². The molecule has 3 rings (SSSR count). The summed E-state index contributed by atoms with van der Waals surface area (Å²) in [4.78, 5) is 0. The molecule has 1 aromatic rings. The molecule has 18 heavy (non-hydrogen) atoms. The Morgan fingerprint density at radius 1 is 1.00 bits per heavy atom. The summed E-state index contributed by atoms with van der Waals surface area (Å²) in [5.41, 5.74) is 1.33. The second-order valence-electron chi connectivity index (χ2n) is 5.52. The number of rotatable bonds is 3. The SMILES string of the molecule is FC(F)(c1ccc(C2CCCCN2)cc1)C1CC1. The van der Waals surface area contributed by atoms with E-state index in [9.17, 15) is 8.78 Å². The second kappa shape index (κ2) is 4.61. The Morgan fingerprint density at radius 3 is 2.28 bits per heavy atom. The molecule has 98 valence electrons. The van der Waals surface area contributed by atoms with Gasteiger partial charge < -0.3 is 5.32 Å². The molecule has 0 spiro atoms. The molecule has 1 unspecified atom stereocenters. The third kappa shape index (κ3) is 2.28. The van der Waals surface area contributed by atoms with Crippen LogP contribution in [0.2, 0.25) is 0 Å². The molecule has 1 atom stereocenters. The minimum atomic E-state index is -2.63. The zero-order chi connectivity index (χ0) is 12.6. The van der Waals surface area contributed by atoms with Gasteiger partial charge in [0.2, 0.25) is 0 Å². The van der Waals surface area contributed by atoms with Crippen LogP contribution in [0.4, 0.5) is 8.78 Å². The fourth-order valence-corrected chi connectivity index (χ4v) is 2.76. The maximum atomic E-state index is 13.9. The zero-order valence-corrected chi connectivity index (χ0v) is 10.5. The average molecular weight is 251 g/mol. The predicted molar refractivity (Wildman–Crippen MR) is 67.7 cm³/mol. The van der Waals surface area contributed by atoms with Gasteiger partial charge in [-0.2, -0.15) is 0 Å². The Bertz CT molecular complexity index is 403. The van der Waals surface area contributed by atoms with Crippen LogP contribution in [0.15, 0.2) is 24.3 Å². The molecule has 0 radical (unpaired) electrons. The van der Waals surface area contributed by atoms with E-state index in [1.807, 2.05) is 12.1 Å². The third-order valence-corrected chi connectivity index (χ3v) is 4.10. The number of piperidine rings is 1. The van der Waals surface area contributed by atoms with E-state index in [2.05, 4.69) is 5.32 Å². The minimum absolute atomic E-state index is 0.185. The van der Waals surface area contributed by atoms with Crippen molar-refractivity contribution >= 4 is 0 Å². The highest BCUT2D eigenvalue weighted by Crippen LogP contribution is 2.49. The van der Waals surface area contributed by atoms with Crippen molar-refractivity contribution < 1.29 is 8.78 Å². The highest BCUT2D eigenvalue weighted by atomic mass is 19.3. The maximum absolute atomic E-state index is 13.9. The predicted octanol–water partition coefficient (Wildman–Crippen LogP) is 4.00. The van der Waals surface area contributed by atoms with Crippen LogP contribution >= 0.6 is 0 Å². The molecule has 1 aliphatic heterocycles. The van der Waals surface area contributed by atoms with Crippen molar-refractivity contribution in [2.75, 3.05) is 6.54 Å². The van der Waals surface area contributed by atoms with Crippen molar-refractivity contribution in [1.29, 1.82) is 0 Å². The van der Waals surface area contributed by atoms with Crippen LogP contribution in [0.25, 0.3) is 0 Å². The number of benzene rings is 1. The van der Waals surface area contributed by atoms with E-state index in [4.69, 9.17) is 0 Å². The summed E-state index contributed by atoms with van der Waals surface area (Å²) < 4.78 is 27.8. The molecule has 1 nitrogen and oxygen atoms in total. The van der Waals surface area contributed by atoms with Gasteiger partial charge in [0, 0.05) is 17.5 Å². The first-order chi connectivity index (χ1) is 8.68. The maximum Gasteiger partial charge on any atom is 0.276 e. The average Bonchev–Trinajstić information content (AvgIpc) is 3.25. The Labute approximate surface area is 107 Å². The van der Waals surface area contributed by atoms with E-state index in [-0.39, 0.29) is 5.56 Å². The van der Waals surface area contributed by atoms with Gasteiger partial charge in [0.1, 0.15) is 0 Å². The van der Waals surface area contributed by atoms with E-state index in [0.717, 1.165) is 18.5 Å². The quantitative estimate of drug-likeness (QED) is 0.856. The van der Waals surface area contributed by atoms with Gasteiger partial charge in [0.05, 0.1) is 0 Å². The fourth-order valence-electron chi connectivity index (χ4n) is 2.76. The van der Waals surface area contributed by atoms with E-state index in [1.165, 1.54) is 12.8 Å². The van der Waals surface area contributed by atoms with Crippen LogP contribution in [0.3, 0.4) is 0 Å². The van der Waals surface area contributed by atoms with Crippen molar-refractivity contribution in [2.45, 2.75) is 44.1 Å². The van der Waals surface area contributed by atoms with Crippen LogP contribution in [-0.4, -0.2) is 6.54 Å². The first-order valence-corrected chi connectivity index (χ1v) is 6.89. The van der Waals surface area contributed by atoms with Gasteiger partial charge >= 0.3 is 0 Å². The molecule has 1 N–H and O–H groups in total. The van der Waals surface area contributed by atoms with E-state index in [1.54, 1.807) is 12.1 Å². The van der Waals surface area contributed by atoms with Crippen LogP contribution < -0.4 is 5.32 Å². The van der Waals surface area contributed by atoms with Crippen molar-refractivity contribution in [3.05, 3.63) is 35.4 Å². The zero-order valence-electron chi connectivity index (χ0n) is 10.5. The minimum Gasteiger partial charge on any atom is -0.310 e. The normalized spacial score (nSPS) is 25.1. The van der Waals surface area contributed by atoms with Gasteiger partial charge in [-0.1, -0.05) is 30.7 Å². The summed E-state index contributed by atoms with van der Waals surface area (Å²) in [7, 11) is 0. The summed E-state index contributed by atoms with van der Waals surface area (Å²) in [5, 5.41) is 3.44. The van der Waals surface area contributed by atoms with E-state index >= 15 is 0 Å². The number of alkyl halides is 2. The molecule has 0 amide bonds. The molecule has 2 fully saturated rings. The summed E-state index contributed by atoms with van der Waals surface area (Å²) in [6.45, 7) is 1.03. The van der Waals surface area contributed by atoms with Gasteiger partial charge in [0.15, 0.2) is 0 Å². The Hall–Kier alpha value is -0.960. The lowest BCUT2D eigenvalue weighted by atomic mass is 9.95. The molecule has 1 aliphatic carbocycles. The molecule has 3 heteroatoms. The number of nitrogens with one attached hydrogen (secondary N) is 1. The van der Waals surface area contributed by atoms with Crippen molar-refractivity contribution in [2.24, 2.45) is 5.92 Å². The van der Waals surface area contributed by atoms with Gasteiger partial charge in [-0.15, -0.1) is 0 Å². The van der Waals surface area contributed by atoms with Crippen LogP contribution in [0.5, 0.6) is 0 Å². The number of halogens is 2. The Morgan fingerprint density at radius 2 is 1.72 bits per heavy atom. The van der Waals surface area contributed by atoms with Crippen LogP contribution in [-0.2, 0) is 5.92 Å². The standard InChI is InChI=1S/C15H19F2N/c16-15(17,13-8-9-13)12-6-4-11(5-7-12)14-3-1-2-10-18-14/h4-7,13-14,18H,1-3,8-10H2. The monoisotopic (exact) mass is 251 g/mol. The van der Waals surface area contributed by atoms with E-state index < -0.39 is 11.8 Å². The number of hydrogen-bond acceptors (Lipinski definition) is 1. The first kappa shape index (κ1) is 12.1. The molecule has 1 heterocycles. The molecule has 1 aromatic carbocycles. The molecule has 1 saturated carbocycles. The summed E-state index contributed by atoms with van der Waals surface area (Å²) in [6.07, 6.45) is 4.88. The largest absolute Gasteiger partial charge is 0.310 e. The first-order valence-electron chi connectivity index (χ1n) is 6.89. The lowest BCUT2D eigenvalue weighted by Gasteiger charge is -2.24. The Balaban J connectivity index is 1.75. The molecule has 0 aromatic heterocycles. The van der Waals surface area contributed by atoms with Crippen molar-refractivity contribution in [3.63, 3.8) is 0 Å². The van der Waals surface area contributed by atoms with Crippen LogP contribution in [0, 0.1) is 5.92 Å². The highest BCUT2D eigenvalue weighted by molar-refractivity contribution is 5.29. The summed E-state index contributed by atoms with van der Waals surface area (Å²) in [5.74, 6) is -3.05. The van der Waals surface area contributed by atoms with E-state index in [0.29, 0.717) is 18.9 Å². The van der Waals surface area contributed by atoms with Gasteiger partial charge in [-0.25, -0.2) is 8.78 Å². The fraction of sp³-hybridized carbons (Fsp3) is 0.600. The van der Waals surface area contributed by atoms with Gasteiger partial charge in [-0.3, -0.25) is 0 Å². The van der Waals surface area contributed by atoms with Gasteiger partial charge in [0.25, 0.3) is 5.92 Å². The lowest BCUT2D eigenvalue weighted by Crippen LogP contribution is -2.26. The molecule has 0 bridgehead atoms. The Kier molecular flexibility index (Phi) is 3.10. The molecule has 1 saturated heterocycles. The third-order valence-electron chi connectivity index (χ3n) is 4.10. The second-order valence-corrected chi connectivity index (χ2v) is 5.52. The topological polar surface area (TPSA) is 12.0 Å².